The molecule has 1 aliphatic rings. The van der Waals surface area contributed by atoms with Crippen LogP contribution < -0.4 is 5.32 Å². The van der Waals surface area contributed by atoms with E-state index >= 15 is 0 Å². The summed E-state index contributed by atoms with van der Waals surface area (Å²) < 4.78 is 5.22. The molecule has 2 rings (SSSR count). The second-order valence-electron chi connectivity index (χ2n) is 3.77. The molecule has 0 spiro atoms. The highest BCUT2D eigenvalue weighted by Crippen LogP contribution is 2.22. The van der Waals surface area contributed by atoms with E-state index in [1.165, 1.54) is 5.56 Å². The number of pyridine rings is 1. The van der Waals surface area contributed by atoms with Gasteiger partial charge in [0.25, 0.3) is 0 Å². The molecule has 1 aliphatic carbocycles. The van der Waals surface area contributed by atoms with E-state index in [9.17, 15) is 0 Å². The maximum absolute atomic E-state index is 5.22. The first-order chi connectivity index (χ1) is 6.88. The van der Waals surface area contributed by atoms with Crippen LogP contribution >= 0.6 is 0 Å². The highest BCUT2D eigenvalue weighted by atomic mass is 16.5. The van der Waals surface area contributed by atoms with Gasteiger partial charge in [-0.15, -0.1) is 0 Å². The Morgan fingerprint density at radius 3 is 3.07 bits per heavy atom. The molecule has 1 N–H and O–H groups in total. The van der Waals surface area contributed by atoms with Crippen LogP contribution in [0.15, 0.2) is 24.5 Å². The molecule has 1 heterocycles. The van der Waals surface area contributed by atoms with Crippen molar-refractivity contribution in [1.82, 2.24) is 10.3 Å². The monoisotopic (exact) mass is 192 g/mol. The molecule has 0 unspecified atom stereocenters. The minimum atomic E-state index is 0.474. The molecule has 14 heavy (non-hydrogen) atoms. The van der Waals surface area contributed by atoms with Crippen LogP contribution in [-0.2, 0) is 11.3 Å². The van der Waals surface area contributed by atoms with E-state index in [4.69, 9.17) is 4.74 Å². The van der Waals surface area contributed by atoms with Crippen molar-refractivity contribution in [2.75, 3.05) is 7.11 Å². The quantitative estimate of drug-likeness (QED) is 0.782. The Bertz CT molecular complexity index is 270. The predicted octanol–water partition coefficient (Wildman–Crippen LogP) is 1.35. The van der Waals surface area contributed by atoms with Gasteiger partial charge in [0.15, 0.2) is 0 Å². The van der Waals surface area contributed by atoms with Crippen molar-refractivity contribution in [3.05, 3.63) is 30.1 Å². The second kappa shape index (κ2) is 4.53. The number of aromatic nitrogens is 1. The van der Waals surface area contributed by atoms with Gasteiger partial charge in [-0.3, -0.25) is 4.98 Å². The van der Waals surface area contributed by atoms with Crippen LogP contribution in [0.3, 0.4) is 0 Å². The molecule has 0 bridgehead atoms. The van der Waals surface area contributed by atoms with E-state index in [0.29, 0.717) is 12.1 Å². The largest absolute Gasteiger partial charge is 0.381 e. The van der Waals surface area contributed by atoms with Gasteiger partial charge in [0.05, 0.1) is 6.10 Å². The van der Waals surface area contributed by atoms with Crippen molar-refractivity contribution in [3.63, 3.8) is 0 Å². The number of hydrogen-bond donors (Lipinski definition) is 1. The first kappa shape index (κ1) is 9.62. The lowest BCUT2D eigenvalue weighted by atomic mass is 9.89. The molecule has 76 valence electrons. The number of rotatable bonds is 4. The third-order valence-corrected chi connectivity index (χ3v) is 2.75. The molecular weight excluding hydrogens is 176 g/mol. The first-order valence-corrected chi connectivity index (χ1v) is 5.03. The lowest BCUT2D eigenvalue weighted by Crippen LogP contribution is -2.44. The average Bonchev–Trinajstić information content (AvgIpc) is 2.17. The zero-order valence-electron chi connectivity index (χ0n) is 8.44. The van der Waals surface area contributed by atoms with Crippen LogP contribution in [0.1, 0.15) is 18.4 Å². The molecule has 1 aromatic rings. The topological polar surface area (TPSA) is 34.1 Å². The molecular formula is C11H16N2O. The van der Waals surface area contributed by atoms with E-state index in [1.54, 1.807) is 13.3 Å². The fourth-order valence-corrected chi connectivity index (χ4v) is 1.69. The molecule has 0 atom stereocenters. The van der Waals surface area contributed by atoms with Gasteiger partial charge in [-0.1, -0.05) is 6.07 Å². The molecule has 0 radical (unpaired) electrons. The molecule has 1 fully saturated rings. The van der Waals surface area contributed by atoms with Crippen LogP contribution in [-0.4, -0.2) is 24.2 Å². The summed E-state index contributed by atoms with van der Waals surface area (Å²) >= 11 is 0. The summed E-state index contributed by atoms with van der Waals surface area (Å²) in [5, 5.41) is 3.48. The van der Waals surface area contributed by atoms with Gasteiger partial charge in [0, 0.05) is 32.1 Å². The van der Waals surface area contributed by atoms with Crippen LogP contribution in [0, 0.1) is 0 Å². The molecule has 0 aromatic carbocycles. The van der Waals surface area contributed by atoms with Crippen molar-refractivity contribution in [1.29, 1.82) is 0 Å². The van der Waals surface area contributed by atoms with E-state index in [2.05, 4.69) is 16.4 Å². The second-order valence-corrected chi connectivity index (χ2v) is 3.77. The highest BCUT2D eigenvalue weighted by Gasteiger charge is 2.28. The van der Waals surface area contributed by atoms with Gasteiger partial charge < -0.3 is 10.1 Å². The van der Waals surface area contributed by atoms with Crippen LogP contribution in [0.2, 0.25) is 0 Å². The van der Waals surface area contributed by atoms with E-state index in [1.807, 2.05) is 12.3 Å². The number of hydrogen-bond acceptors (Lipinski definition) is 3. The van der Waals surface area contributed by atoms with Gasteiger partial charge in [0.2, 0.25) is 0 Å². The first-order valence-electron chi connectivity index (χ1n) is 5.03. The van der Waals surface area contributed by atoms with Crippen LogP contribution in [0.25, 0.3) is 0 Å². The zero-order valence-corrected chi connectivity index (χ0v) is 8.44. The number of nitrogens with one attached hydrogen (secondary N) is 1. The summed E-state index contributed by atoms with van der Waals surface area (Å²) in [4.78, 5) is 4.07. The van der Waals surface area contributed by atoms with Crippen molar-refractivity contribution < 1.29 is 4.74 Å². The summed E-state index contributed by atoms with van der Waals surface area (Å²) in [7, 11) is 1.78. The van der Waals surface area contributed by atoms with Crippen LogP contribution in [0.5, 0.6) is 0 Å². The summed E-state index contributed by atoms with van der Waals surface area (Å²) in [6.45, 7) is 0.912. The normalized spacial score (nSPS) is 25.8. The van der Waals surface area contributed by atoms with Gasteiger partial charge >= 0.3 is 0 Å². The summed E-state index contributed by atoms with van der Waals surface area (Å²) in [6, 6.07) is 4.68. The van der Waals surface area contributed by atoms with E-state index in [0.717, 1.165) is 19.4 Å². The van der Waals surface area contributed by atoms with Crippen molar-refractivity contribution in [2.45, 2.75) is 31.5 Å². The molecule has 3 heteroatoms. The average molecular weight is 192 g/mol. The molecule has 1 saturated carbocycles. The van der Waals surface area contributed by atoms with Gasteiger partial charge in [-0.2, -0.15) is 0 Å². The predicted molar refractivity (Wildman–Crippen MR) is 54.9 cm³/mol. The molecule has 0 amide bonds. The summed E-state index contributed by atoms with van der Waals surface area (Å²) in [6.07, 6.45) is 6.45. The van der Waals surface area contributed by atoms with E-state index < -0.39 is 0 Å². The number of methoxy groups -OCH3 is 1. The van der Waals surface area contributed by atoms with Crippen molar-refractivity contribution >= 4 is 0 Å². The van der Waals surface area contributed by atoms with Gasteiger partial charge in [-0.25, -0.2) is 0 Å². The Labute approximate surface area is 84.5 Å². The maximum Gasteiger partial charge on any atom is 0.0601 e. The molecule has 0 aliphatic heterocycles. The Morgan fingerprint density at radius 2 is 2.43 bits per heavy atom. The van der Waals surface area contributed by atoms with Gasteiger partial charge in [-0.05, 0) is 24.5 Å². The third kappa shape index (κ3) is 2.30. The maximum atomic E-state index is 5.22. The Balaban J connectivity index is 1.69. The molecule has 1 aromatic heterocycles. The molecule has 0 saturated heterocycles. The third-order valence-electron chi connectivity index (χ3n) is 2.75. The Hall–Kier alpha value is -0.930. The SMILES string of the molecule is COC1CC(NCc2cccnc2)C1. The van der Waals surface area contributed by atoms with Crippen molar-refractivity contribution in [2.24, 2.45) is 0 Å². The van der Waals surface area contributed by atoms with Gasteiger partial charge in [0.1, 0.15) is 0 Å². The zero-order chi connectivity index (χ0) is 9.80. The fraction of sp³-hybridized carbons (Fsp3) is 0.545. The number of ether oxygens (including phenoxy) is 1. The Kier molecular flexibility index (Phi) is 3.11. The summed E-state index contributed by atoms with van der Waals surface area (Å²) in [5.74, 6) is 0. The Morgan fingerprint density at radius 1 is 1.57 bits per heavy atom. The molecule has 3 nitrogen and oxygen atoms in total. The minimum Gasteiger partial charge on any atom is -0.381 e. The lowest BCUT2D eigenvalue weighted by molar-refractivity contribution is 0.0170. The smallest absolute Gasteiger partial charge is 0.0601 e. The van der Waals surface area contributed by atoms with Crippen molar-refractivity contribution in [3.8, 4) is 0 Å². The summed E-state index contributed by atoms with van der Waals surface area (Å²) in [5.41, 5.74) is 1.24. The fourth-order valence-electron chi connectivity index (χ4n) is 1.69. The lowest BCUT2D eigenvalue weighted by Gasteiger charge is -2.34. The minimum absolute atomic E-state index is 0.474. The van der Waals surface area contributed by atoms with Crippen LogP contribution in [0.4, 0.5) is 0 Å². The highest BCUT2D eigenvalue weighted by molar-refractivity contribution is 5.08. The number of nitrogens with zero attached hydrogens (tertiary/aromatic N) is 1. The van der Waals surface area contributed by atoms with E-state index in [-0.39, 0.29) is 0 Å². The standard InChI is InChI=1S/C11H16N2O/c1-14-11-5-10(6-11)13-8-9-3-2-4-12-7-9/h2-4,7,10-11,13H,5-6,8H2,1H3.